The first-order valence-corrected chi connectivity index (χ1v) is 20.1. The second-order valence-electron chi connectivity index (χ2n) is 16.5. The maximum atomic E-state index is 7.29. The molecule has 2 aliphatic rings. The predicted molar refractivity (Wildman–Crippen MR) is 234 cm³/mol. The number of hydrogen-bond donors (Lipinski definition) is 0. The van der Waals surface area contributed by atoms with E-state index in [0.29, 0.717) is 0 Å². The highest BCUT2D eigenvalue weighted by atomic mass is 32.1. The summed E-state index contributed by atoms with van der Waals surface area (Å²) in [5.41, 5.74) is 10.8. The van der Waals surface area contributed by atoms with Gasteiger partial charge in [0.2, 0.25) is 0 Å². The fourth-order valence-corrected chi connectivity index (χ4v) is 11.1. The average molecular weight is 741 g/mol. The second kappa shape index (κ2) is 10.4. The van der Waals surface area contributed by atoms with Gasteiger partial charge in [-0.05, 0) is 71.0 Å². The molecule has 56 heavy (non-hydrogen) atoms. The summed E-state index contributed by atoms with van der Waals surface area (Å²) in [5.74, 6) is 3.52. The number of rotatable bonds is 1. The molecule has 0 unspecified atom stereocenters. The maximum Gasteiger partial charge on any atom is 0.273 e. The molecule has 0 atom stereocenters. The first-order valence-electron chi connectivity index (χ1n) is 19.3. The largest absolute Gasteiger partial charge is 0.457 e. The predicted octanol–water partition coefficient (Wildman–Crippen LogP) is 11.6. The summed E-state index contributed by atoms with van der Waals surface area (Å²) in [5, 5.41) is 8.07. The average Bonchev–Trinajstić information content (AvgIpc) is 3.95. The van der Waals surface area contributed by atoms with E-state index in [1.165, 1.54) is 36.7 Å². The lowest BCUT2D eigenvalue weighted by Crippen LogP contribution is -2.56. The van der Waals surface area contributed by atoms with Crippen LogP contribution in [-0.4, -0.2) is 15.8 Å². The topological polar surface area (TPSA) is 41.5 Å². The van der Waals surface area contributed by atoms with Gasteiger partial charge < -0.3 is 23.0 Å². The van der Waals surface area contributed by atoms with Gasteiger partial charge in [-0.25, -0.2) is 0 Å². The van der Waals surface area contributed by atoms with Crippen molar-refractivity contribution in [1.82, 2.24) is 9.13 Å². The number of furan rings is 1. The maximum absolute atomic E-state index is 7.29. The van der Waals surface area contributed by atoms with Gasteiger partial charge in [-0.15, -0.1) is 11.3 Å². The standard InChI is InChI=1S/C49H33BN2O3S/c1-49(2,3)26-20-23-40-32(24-26)46-48(56-40)50-33-25-31-27-12-5-8-15-34(27)51(4)43(31)44(47(33)55-39-19-11-18-38(54-46)42(39)50)52-35-16-9-6-14-30(35)41-36(52)22-21-29-28-13-7-10-17-37(28)53-45(29)41/h5-25H,1-4H3. The number of hydrogen-bond acceptors (Lipinski definition) is 4. The molecule has 7 aromatic carbocycles. The third kappa shape index (κ3) is 3.81. The van der Waals surface area contributed by atoms with E-state index in [2.05, 4.69) is 158 Å². The van der Waals surface area contributed by atoms with E-state index in [1.54, 1.807) is 0 Å². The van der Waals surface area contributed by atoms with Crippen molar-refractivity contribution >= 4 is 109 Å². The Balaban J connectivity index is 1.20. The van der Waals surface area contributed by atoms with E-state index in [4.69, 9.17) is 13.9 Å². The summed E-state index contributed by atoms with van der Waals surface area (Å²) < 4.78 is 28.2. The molecule has 0 amide bonds. The fourth-order valence-electron chi connectivity index (χ4n) is 9.82. The lowest BCUT2D eigenvalue weighted by atomic mass is 9.37. The second-order valence-corrected chi connectivity index (χ2v) is 17.5. The minimum Gasteiger partial charge on any atom is -0.457 e. The van der Waals surface area contributed by atoms with E-state index in [0.717, 1.165) is 88.9 Å². The van der Waals surface area contributed by atoms with E-state index < -0.39 is 0 Å². The summed E-state index contributed by atoms with van der Waals surface area (Å²) >= 11 is 1.84. The van der Waals surface area contributed by atoms with E-state index in [9.17, 15) is 0 Å². The zero-order valence-corrected chi connectivity index (χ0v) is 32.0. The van der Waals surface area contributed by atoms with Crippen LogP contribution in [0.25, 0.3) is 81.3 Å². The molecule has 4 aromatic heterocycles. The molecule has 0 bridgehead atoms. The molecule has 13 rings (SSSR count). The number of aromatic nitrogens is 2. The van der Waals surface area contributed by atoms with Crippen molar-refractivity contribution in [3.63, 3.8) is 0 Å². The Morgan fingerprint density at radius 2 is 1.34 bits per heavy atom. The Morgan fingerprint density at radius 1 is 0.607 bits per heavy atom. The van der Waals surface area contributed by atoms with Crippen molar-refractivity contribution in [2.45, 2.75) is 26.2 Å². The van der Waals surface area contributed by atoms with Crippen LogP contribution in [0.4, 0.5) is 0 Å². The lowest BCUT2D eigenvalue weighted by molar-refractivity contribution is 0.467. The van der Waals surface area contributed by atoms with Gasteiger partial charge in [-0.2, -0.15) is 0 Å². The zero-order valence-electron chi connectivity index (χ0n) is 31.2. The van der Waals surface area contributed by atoms with Crippen LogP contribution in [0, 0.1) is 0 Å². The Hall–Kier alpha value is -6.44. The summed E-state index contributed by atoms with van der Waals surface area (Å²) in [7, 11) is 2.19. The van der Waals surface area contributed by atoms with Crippen molar-refractivity contribution in [1.29, 1.82) is 0 Å². The van der Waals surface area contributed by atoms with Gasteiger partial charge in [0.05, 0.1) is 21.9 Å². The minimum absolute atomic E-state index is 0.0131. The van der Waals surface area contributed by atoms with Crippen molar-refractivity contribution in [2.24, 2.45) is 7.05 Å². The first kappa shape index (κ1) is 30.8. The van der Waals surface area contributed by atoms with Crippen LogP contribution in [-0.2, 0) is 12.5 Å². The molecule has 0 N–H and O–H groups in total. The van der Waals surface area contributed by atoms with Crippen molar-refractivity contribution in [2.75, 3.05) is 0 Å². The molecular weight excluding hydrogens is 707 g/mol. The van der Waals surface area contributed by atoms with Gasteiger partial charge in [0.25, 0.3) is 6.71 Å². The van der Waals surface area contributed by atoms with Crippen LogP contribution in [0.15, 0.2) is 132 Å². The van der Waals surface area contributed by atoms with E-state index in [-0.39, 0.29) is 12.1 Å². The van der Waals surface area contributed by atoms with Gasteiger partial charge in [0, 0.05) is 59.8 Å². The molecular formula is C49H33BN2O3S. The number of fused-ring (bicyclic) bond motifs is 16. The number of benzene rings is 7. The van der Waals surface area contributed by atoms with Gasteiger partial charge in [-0.3, -0.25) is 0 Å². The molecule has 0 spiro atoms. The van der Waals surface area contributed by atoms with Gasteiger partial charge in [0.1, 0.15) is 39.9 Å². The van der Waals surface area contributed by atoms with Crippen molar-refractivity contribution in [3.05, 3.63) is 133 Å². The minimum atomic E-state index is -0.0820. The number of para-hydroxylation sites is 3. The molecule has 11 aromatic rings. The smallest absolute Gasteiger partial charge is 0.273 e. The molecule has 2 aliphatic heterocycles. The highest BCUT2D eigenvalue weighted by Crippen LogP contribution is 2.48. The Bertz CT molecular complexity index is 3560. The number of ether oxygens (including phenoxy) is 2. The summed E-state index contributed by atoms with van der Waals surface area (Å²) in [4.78, 5) is 0. The van der Waals surface area contributed by atoms with Crippen LogP contribution in [0.5, 0.6) is 23.0 Å². The zero-order chi connectivity index (χ0) is 37.2. The molecule has 0 saturated heterocycles. The monoisotopic (exact) mass is 740 g/mol. The fraction of sp³-hybridized carbons (Fsp3) is 0.102. The quantitative estimate of drug-likeness (QED) is 0.157. The van der Waals surface area contributed by atoms with Crippen molar-refractivity contribution < 1.29 is 13.9 Å². The molecule has 5 nitrogen and oxygen atoms in total. The number of thiophene rings is 1. The third-order valence-electron chi connectivity index (χ3n) is 12.4. The van der Waals surface area contributed by atoms with Crippen LogP contribution in [0.2, 0.25) is 0 Å². The lowest BCUT2D eigenvalue weighted by Gasteiger charge is -2.33. The van der Waals surface area contributed by atoms with Crippen LogP contribution < -0.4 is 25.2 Å². The summed E-state index contributed by atoms with van der Waals surface area (Å²) in [6.45, 7) is 6.74. The Kier molecular flexibility index (Phi) is 5.75. The van der Waals surface area contributed by atoms with E-state index >= 15 is 0 Å². The Labute approximate surface area is 326 Å². The van der Waals surface area contributed by atoms with Crippen LogP contribution in [0.3, 0.4) is 0 Å². The first-order chi connectivity index (χ1) is 27.3. The van der Waals surface area contributed by atoms with Crippen LogP contribution >= 0.6 is 11.3 Å². The molecule has 0 aliphatic carbocycles. The highest BCUT2D eigenvalue weighted by Gasteiger charge is 2.44. The molecule has 6 heterocycles. The van der Waals surface area contributed by atoms with E-state index in [1.807, 2.05) is 17.4 Å². The third-order valence-corrected chi connectivity index (χ3v) is 13.6. The summed E-state index contributed by atoms with van der Waals surface area (Å²) in [6.07, 6.45) is 0. The SMILES string of the molecule is Cn1c2ccccc2c2cc3c(c(-n4c5ccccc5c5c6oc7ccccc7c6ccc54)c21)Oc1cccc2c1B3c1sc3ccc(C(C)(C)C)cc3c1O2. The van der Waals surface area contributed by atoms with Gasteiger partial charge in [0.15, 0.2) is 0 Å². The Morgan fingerprint density at radius 3 is 2.16 bits per heavy atom. The highest BCUT2D eigenvalue weighted by molar-refractivity contribution is 7.33. The molecule has 0 radical (unpaired) electrons. The van der Waals surface area contributed by atoms with Crippen molar-refractivity contribution in [3.8, 4) is 28.7 Å². The molecule has 0 saturated carbocycles. The van der Waals surface area contributed by atoms with Crippen LogP contribution in [0.1, 0.15) is 26.3 Å². The molecule has 7 heteroatoms. The van der Waals surface area contributed by atoms with Gasteiger partial charge >= 0.3 is 0 Å². The molecule has 0 fully saturated rings. The normalized spacial score (nSPS) is 13.6. The number of nitrogens with zero attached hydrogens (tertiary/aromatic N) is 2. The molecule has 266 valence electrons. The van der Waals surface area contributed by atoms with Gasteiger partial charge in [-0.1, -0.05) is 93.6 Å². The number of aryl methyl sites for hydroxylation is 1. The summed E-state index contributed by atoms with van der Waals surface area (Å²) in [6, 6.07) is 45.9.